The highest BCUT2D eigenvalue weighted by atomic mass is 16.5. The summed E-state index contributed by atoms with van der Waals surface area (Å²) < 4.78 is 5.06. The van der Waals surface area contributed by atoms with Crippen LogP contribution in [0.15, 0.2) is 48.5 Å². The number of esters is 1. The van der Waals surface area contributed by atoms with E-state index >= 15 is 0 Å². The van der Waals surface area contributed by atoms with Crippen LogP contribution in [0.2, 0.25) is 0 Å². The zero-order valence-corrected chi connectivity index (χ0v) is 15.6. The number of aromatic hydroxyl groups is 1. The monoisotopic (exact) mass is 367 g/mol. The van der Waals surface area contributed by atoms with Gasteiger partial charge in [0.1, 0.15) is 5.75 Å². The minimum absolute atomic E-state index is 0.0405. The quantitative estimate of drug-likeness (QED) is 0.811. The van der Waals surface area contributed by atoms with E-state index in [1.165, 1.54) is 0 Å². The van der Waals surface area contributed by atoms with Crippen molar-refractivity contribution < 1.29 is 19.4 Å². The first-order chi connectivity index (χ1) is 13.1. The summed E-state index contributed by atoms with van der Waals surface area (Å²) >= 11 is 0. The van der Waals surface area contributed by atoms with E-state index in [2.05, 4.69) is 0 Å². The highest BCUT2D eigenvalue weighted by Crippen LogP contribution is 2.25. The number of carbonyl (C=O) groups is 2. The van der Waals surface area contributed by atoms with E-state index in [1.54, 1.807) is 19.1 Å². The number of piperidine rings is 1. The summed E-state index contributed by atoms with van der Waals surface area (Å²) in [6.07, 6.45) is 3.06. The molecule has 2 aromatic carbocycles. The number of amides is 1. The molecule has 1 aliphatic rings. The van der Waals surface area contributed by atoms with Crippen LogP contribution in [0.25, 0.3) is 11.1 Å². The van der Waals surface area contributed by atoms with E-state index < -0.39 is 0 Å². The Kier molecular flexibility index (Phi) is 6.12. The molecular formula is C22H25NO4. The van der Waals surface area contributed by atoms with Crippen LogP contribution in [0.1, 0.15) is 43.0 Å². The fourth-order valence-corrected chi connectivity index (χ4v) is 3.52. The molecule has 1 N–H and O–H groups in total. The van der Waals surface area contributed by atoms with Crippen LogP contribution in [0, 0.1) is 0 Å². The van der Waals surface area contributed by atoms with Crippen LogP contribution in [0.5, 0.6) is 5.75 Å². The predicted octanol–water partition coefficient (Wildman–Crippen LogP) is 4.01. The van der Waals surface area contributed by atoms with Gasteiger partial charge >= 0.3 is 5.97 Å². The molecule has 142 valence electrons. The number of benzene rings is 2. The molecule has 0 saturated carbocycles. The summed E-state index contributed by atoms with van der Waals surface area (Å²) in [6.45, 7) is 2.82. The van der Waals surface area contributed by atoms with E-state index in [0.717, 1.165) is 30.4 Å². The Hall–Kier alpha value is -2.82. The molecule has 0 spiro atoms. The maximum absolute atomic E-state index is 13.0. The first kappa shape index (κ1) is 19.0. The SMILES string of the molecule is CCOC(=O)C[C@@H]1CCCCN1C(=O)c1ccc(-c2ccc(O)cc2)cc1. The third kappa shape index (κ3) is 4.67. The lowest BCUT2D eigenvalue weighted by Gasteiger charge is -2.35. The van der Waals surface area contributed by atoms with E-state index in [9.17, 15) is 14.7 Å². The number of nitrogens with zero attached hydrogens (tertiary/aromatic N) is 1. The molecule has 1 aliphatic heterocycles. The number of carbonyl (C=O) groups excluding carboxylic acids is 2. The summed E-state index contributed by atoms with van der Waals surface area (Å²) in [5, 5.41) is 9.40. The zero-order valence-electron chi connectivity index (χ0n) is 15.6. The van der Waals surface area contributed by atoms with Gasteiger partial charge in [-0.2, -0.15) is 0 Å². The number of hydrogen-bond donors (Lipinski definition) is 1. The zero-order chi connectivity index (χ0) is 19.2. The Morgan fingerprint density at radius 1 is 1.04 bits per heavy atom. The molecule has 1 heterocycles. The van der Waals surface area contributed by atoms with Crippen molar-refractivity contribution in [3.63, 3.8) is 0 Å². The van der Waals surface area contributed by atoms with Crippen LogP contribution in [0.4, 0.5) is 0 Å². The average Bonchev–Trinajstić information content (AvgIpc) is 2.69. The molecule has 1 fully saturated rings. The Morgan fingerprint density at radius 3 is 2.30 bits per heavy atom. The molecule has 2 aromatic rings. The highest BCUT2D eigenvalue weighted by molar-refractivity contribution is 5.95. The van der Waals surface area contributed by atoms with E-state index in [-0.39, 0.29) is 30.1 Å². The number of rotatable bonds is 5. The van der Waals surface area contributed by atoms with Crippen LogP contribution >= 0.6 is 0 Å². The first-order valence-electron chi connectivity index (χ1n) is 9.44. The Labute approximate surface area is 159 Å². The van der Waals surface area contributed by atoms with Gasteiger partial charge in [-0.25, -0.2) is 0 Å². The van der Waals surface area contributed by atoms with Crippen molar-refractivity contribution in [2.75, 3.05) is 13.2 Å². The minimum Gasteiger partial charge on any atom is -0.508 e. The van der Waals surface area contributed by atoms with E-state index in [1.807, 2.05) is 41.3 Å². The highest BCUT2D eigenvalue weighted by Gasteiger charge is 2.29. The minimum atomic E-state index is -0.245. The van der Waals surface area contributed by atoms with Gasteiger partial charge in [-0.15, -0.1) is 0 Å². The number of phenols is 1. The molecule has 5 nitrogen and oxygen atoms in total. The molecule has 0 radical (unpaired) electrons. The Bertz CT molecular complexity index is 783. The molecule has 27 heavy (non-hydrogen) atoms. The molecule has 1 atom stereocenters. The normalized spacial score (nSPS) is 16.8. The smallest absolute Gasteiger partial charge is 0.307 e. The summed E-state index contributed by atoms with van der Waals surface area (Å²) in [7, 11) is 0. The number of hydrogen-bond acceptors (Lipinski definition) is 4. The maximum Gasteiger partial charge on any atom is 0.307 e. The van der Waals surface area contributed by atoms with E-state index in [4.69, 9.17) is 4.74 Å². The van der Waals surface area contributed by atoms with Gasteiger partial charge in [0, 0.05) is 18.2 Å². The second-order valence-electron chi connectivity index (χ2n) is 6.78. The molecular weight excluding hydrogens is 342 g/mol. The topological polar surface area (TPSA) is 66.8 Å². The van der Waals surface area contributed by atoms with Crippen LogP contribution in [-0.4, -0.2) is 41.1 Å². The second kappa shape index (κ2) is 8.71. The molecule has 1 saturated heterocycles. The Morgan fingerprint density at radius 2 is 1.67 bits per heavy atom. The fraction of sp³-hybridized carbons (Fsp3) is 0.364. The van der Waals surface area contributed by atoms with Gasteiger partial charge in [0.25, 0.3) is 5.91 Å². The van der Waals surface area contributed by atoms with Crippen molar-refractivity contribution in [1.29, 1.82) is 0 Å². The first-order valence-corrected chi connectivity index (χ1v) is 9.44. The van der Waals surface area contributed by atoms with Crippen LogP contribution in [0.3, 0.4) is 0 Å². The largest absolute Gasteiger partial charge is 0.508 e. The lowest BCUT2D eigenvalue weighted by Crippen LogP contribution is -2.44. The van der Waals surface area contributed by atoms with Crippen molar-refractivity contribution >= 4 is 11.9 Å². The van der Waals surface area contributed by atoms with E-state index in [0.29, 0.717) is 18.7 Å². The van der Waals surface area contributed by atoms with Crippen LogP contribution in [-0.2, 0) is 9.53 Å². The van der Waals surface area contributed by atoms with Crippen molar-refractivity contribution in [1.82, 2.24) is 4.90 Å². The molecule has 1 amide bonds. The standard InChI is InChI=1S/C22H25NO4/c1-2-27-21(25)15-19-5-3-4-14-23(19)22(26)18-8-6-16(7-9-18)17-10-12-20(24)13-11-17/h6-13,19,24H,2-5,14-15H2,1H3/t19-/m0/s1. The second-order valence-corrected chi connectivity index (χ2v) is 6.78. The molecule has 5 heteroatoms. The van der Waals surface area contributed by atoms with Crippen molar-refractivity contribution in [2.45, 2.75) is 38.6 Å². The van der Waals surface area contributed by atoms with Gasteiger partial charge < -0.3 is 14.7 Å². The number of phenolic OH excluding ortho intramolecular Hbond substituents is 1. The summed E-state index contributed by atoms with van der Waals surface area (Å²) in [6, 6.07) is 14.3. The van der Waals surface area contributed by atoms with Gasteiger partial charge in [0.2, 0.25) is 0 Å². The van der Waals surface area contributed by atoms with Gasteiger partial charge in [-0.05, 0) is 61.6 Å². The van der Waals surface area contributed by atoms with Gasteiger partial charge in [-0.1, -0.05) is 24.3 Å². The van der Waals surface area contributed by atoms with Crippen molar-refractivity contribution in [3.05, 3.63) is 54.1 Å². The third-order valence-electron chi connectivity index (χ3n) is 4.93. The van der Waals surface area contributed by atoms with Crippen LogP contribution < -0.4 is 0 Å². The Balaban J connectivity index is 1.73. The lowest BCUT2D eigenvalue weighted by atomic mass is 9.97. The molecule has 0 unspecified atom stereocenters. The molecule has 3 rings (SSSR count). The fourth-order valence-electron chi connectivity index (χ4n) is 3.52. The lowest BCUT2D eigenvalue weighted by molar-refractivity contribution is -0.144. The van der Waals surface area contributed by atoms with Crippen molar-refractivity contribution in [2.24, 2.45) is 0 Å². The molecule has 0 bridgehead atoms. The number of ether oxygens (including phenoxy) is 1. The van der Waals surface area contributed by atoms with Gasteiger partial charge in [0.05, 0.1) is 13.0 Å². The maximum atomic E-state index is 13.0. The molecule has 0 aliphatic carbocycles. The van der Waals surface area contributed by atoms with Gasteiger partial charge in [-0.3, -0.25) is 9.59 Å². The number of likely N-dealkylation sites (tertiary alicyclic amines) is 1. The predicted molar refractivity (Wildman–Crippen MR) is 103 cm³/mol. The van der Waals surface area contributed by atoms with Crippen molar-refractivity contribution in [3.8, 4) is 16.9 Å². The van der Waals surface area contributed by atoms with Gasteiger partial charge in [0.15, 0.2) is 0 Å². The summed E-state index contributed by atoms with van der Waals surface area (Å²) in [5.74, 6) is -0.0607. The summed E-state index contributed by atoms with van der Waals surface area (Å²) in [5.41, 5.74) is 2.58. The average molecular weight is 367 g/mol. The molecule has 0 aromatic heterocycles. The summed E-state index contributed by atoms with van der Waals surface area (Å²) in [4.78, 5) is 26.7. The third-order valence-corrected chi connectivity index (χ3v) is 4.93.